The first kappa shape index (κ1) is 31.5. The Morgan fingerprint density at radius 1 is 0.396 bits per heavy atom. The van der Waals surface area contributed by atoms with Crippen LogP contribution in [0.3, 0.4) is 0 Å². The third kappa shape index (κ3) is 6.40. The number of hydrogen-bond acceptors (Lipinski definition) is 2. The number of rotatable bonds is 8. The van der Waals surface area contributed by atoms with Crippen LogP contribution in [0.4, 0.5) is 34.1 Å². The van der Waals surface area contributed by atoms with Gasteiger partial charge in [-0.1, -0.05) is 118 Å². The standard InChI is InChI=1S/C46H46N2/c1-45(2,3)36-32-34-46(35-33-36,37-24-28-43(29-25-37)47(39-16-8-4-9-17-39)40-18-10-5-11-19-40)38-26-30-44(31-27-38)48(41-20-12-6-13-21-41)42-22-14-7-15-23-42/h4-31,36H,32-35H2,1-3H3. The molecule has 240 valence electrons. The van der Waals surface area contributed by atoms with Crippen LogP contribution in [-0.4, -0.2) is 0 Å². The molecule has 7 rings (SSSR count). The highest BCUT2D eigenvalue weighted by molar-refractivity contribution is 5.78. The van der Waals surface area contributed by atoms with Gasteiger partial charge >= 0.3 is 0 Å². The second-order valence-corrected chi connectivity index (χ2v) is 14.3. The normalized spacial score (nSPS) is 14.7. The molecule has 1 aliphatic rings. The van der Waals surface area contributed by atoms with Crippen molar-refractivity contribution in [3.05, 3.63) is 181 Å². The number of para-hydroxylation sites is 4. The molecule has 6 aromatic rings. The van der Waals surface area contributed by atoms with Crippen molar-refractivity contribution in [3.8, 4) is 0 Å². The van der Waals surface area contributed by atoms with E-state index >= 15 is 0 Å². The van der Waals surface area contributed by atoms with Crippen LogP contribution in [0.25, 0.3) is 0 Å². The Balaban J connectivity index is 1.27. The maximum atomic E-state index is 2.41. The molecular weight excluding hydrogens is 581 g/mol. The molecule has 0 aromatic heterocycles. The van der Waals surface area contributed by atoms with Crippen LogP contribution in [0.2, 0.25) is 0 Å². The average Bonchev–Trinajstić information content (AvgIpc) is 3.14. The van der Waals surface area contributed by atoms with Gasteiger partial charge in [-0.2, -0.15) is 0 Å². The smallest absolute Gasteiger partial charge is 0.0461 e. The van der Waals surface area contributed by atoms with Gasteiger partial charge in [0.15, 0.2) is 0 Å². The van der Waals surface area contributed by atoms with Crippen LogP contribution < -0.4 is 9.80 Å². The Morgan fingerprint density at radius 3 is 0.938 bits per heavy atom. The van der Waals surface area contributed by atoms with Gasteiger partial charge in [-0.15, -0.1) is 0 Å². The van der Waals surface area contributed by atoms with Crippen molar-refractivity contribution in [1.29, 1.82) is 0 Å². The molecule has 0 amide bonds. The fourth-order valence-electron chi connectivity index (χ4n) is 7.78. The Hall–Kier alpha value is -5.08. The largest absolute Gasteiger partial charge is 0.311 e. The van der Waals surface area contributed by atoms with Gasteiger partial charge in [-0.05, 0) is 121 Å². The molecule has 0 spiro atoms. The minimum absolute atomic E-state index is 0.0343. The molecule has 1 fully saturated rings. The van der Waals surface area contributed by atoms with Crippen LogP contribution >= 0.6 is 0 Å². The SMILES string of the molecule is CC(C)(C)C1CCC(c2ccc(N(c3ccccc3)c3ccccc3)cc2)(c2ccc(N(c3ccccc3)c3ccccc3)cc2)CC1. The minimum atomic E-state index is -0.0343. The van der Waals surface area contributed by atoms with Gasteiger partial charge in [-0.25, -0.2) is 0 Å². The average molecular weight is 627 g/mol. The molecule has 0 radical (unpaired) electrons. The highest BCUT2D eigenvalue weighted by Crippen LogP contribution is 2.51. The highest BCUT2D eigenvalue weighted by atomic mass is 15.1. The Bertz CT molecular complexity index is 1660. The van der Waals surface area contributed by atoms with E-state index in [2.05, 4.69) is 200 Å². The summed E-state index contributed by atoms with van der Waals surface area (Å²) in [6, 6.07) is 61.6. The molecule has 0 aliphatic heterocycles. The fourth-order valence-corrected chi connectivity index (χ4v) is 7.78. The predicted molar refractivity (Wildman–Crippen MR) is 204 cm³/mol. The van der Waals surface area contributed by atoms with E-state index in [1.165, 1.54) is 35.3 Å². The number of nitrogens with zero attached hydrogens (tertiary/aromatic N) is 2. The monoisotopic (exact) mass is 626 g/mol. The number of anilines is 6. The second kappa shape index (κ2) is 13.6. The van der Waals surface area contributed by atoms with E-state index in [-0.39, 0.29) is 5.41 Å². The minimum Gasteiger partial charge on any atom is -0.311 e. The summed E-state index contributed by atoms with van der Waals surface area (Å²) < 4.78 is 0. The van der Waals surface area contributed by atoms with E-state index in [4.69, 9.17) is 0 Å². The van der Waals surface area contributed by atoms with Crippen molar-refractivity contribution in [2.45, 2.75) is 51.9 Å². The molecule has 0 saturated heterocycles. The van der Waals surface area contributed by atoms with E-state index in [0.29, 0.717) is 5.41 Å². The molecule has 1 saturated carbocycles. The van der Waals surface area contributed by atoms with Crippen molar-refractivity contribution in [3.63, 3.8) is 0 Å². The van der Waals surface area contributed by atoms with Crippen molar-refractivity contribution < 1.29 is 0 Å². The quantitative estimate of drug-likeness (QED) is 0.166. The summed E-state index contributed by atoms with van der Waals surface area (Å²) in [6.07, 6.45) is 4.76. The summed E-state index contributed by atoms with van der Waals surface area (Å²) in [5.74, 6) is 0.725. The number of hydrogen-bond donors (Lipinski definition) is 0. The summed E-state index contributed by atoms with van der Waals surface area (Å²) in [7, 11) is 0. The topological polar surface area (TPSA) is 6.48 Å². The first-order valence-electron chi connectivity index (χ1n) is 17.4. The molecule has 2 heteroatoms. The number of benzene rings is 6. The lowest BCUT2D eigenvalue weighted by Crippen LogP contribution is -2.36. The molecule has 2 nitrogen and oxygen atoms in total. The van der Waals surface area contributed by atoms with Gasteiger partial charge in [-0.3, -0.25) is 0 Å². The molecule has 0 N–H and O–H groups in total. The third-order valence-electron chi connectivity index (χ3n) is 10.5. The third-order valence-corrected chi connectivity index (χ3v) is 10.5. The zero-order valence-corrected chi connectivity index (χ0v) is 28.5. The Labute approximate surface area is 287 Å². The van der Waals surface area contributed by atoms with Crippen LogP contribution in [0.5, 0.6) is 0 Å². The van der Waals surface area contributed by atoms with E-state index in [0.717, 1.165) is 41.5 Å². The molecule has 0 atom stereocenters. The van der Waals surface area contributed by atoms with Crippen LogP contribution in [0.15, 0.2) is 170 Å². The van der Waals surface area contributed by atoms with E-state index < -0.39 is 0 Å². The predicted octanol–water partition coefficient (Wildman–Crippen LogP) is 13.1. The summed E-state index contributed by atoms with van der Waals surface area (Å²) in [5, 5.41) is 0. The van der Waals surface area contributed by atoms with Crippen molar-refractivity contribution in [2.75, 3.05) is 9.80 Å². The van der Waals surface area contributed by atoms with Gasteiger partial charge in [0.05, 0.1) is 0 Å². The van der Waals surface area contributed by atoms with Crippen molar-refractivity contribution in [1.82, 2.24) is 0 Å². The molecule has 6 aromatic carbocycles. The second-order valence-electron chi connectivity index (χ2n) is 14.3. The van der Waals surface area contributed by atoms with E-state index in [1.807, 2.05) is 0 Å². The maximum Gasteiger partial charge on any atom is 0.0461 e. The lowest BCUT2D eigenvalue weighted by molar-refractivity contribution is 0.146. The molecule has 0 unspecified atom stereocenters. The highest BCUT2D eigenvalue weighted by Gasteiger charge is 2.41. The van der Waals surface area contributed by atoms with Gasteiger partial charge in [0.25, 0.3) is 0 Å². The van der Waals surface area contributed by atoms with E-state index in [1.54, 1.807) is 0 Å². The first-order chi connectivity index (χ1) is 23.4. The van der Waals surface area contributed by atoms with Crippen LogP contribution in [0, 0.1) is 11.3 Å². The molecule has 48 heavy (non-hydrogen) atoms. The summed E-state index contributed by atoms with van der Waals surface area (Å²) in [5.41, 5.74) is 10.1. The van der Waals surface area contributed by atoms with Crippen molar-refractivity contribution in [2.24, 2.45) is 11.3 Å². The lowest BCUT2D eigenvalue weighted by Gasteiger charge is -2.45. The maximum absolute atomic E-state index is 2.41. The van der Waals surface area contributed by atoms with Gasteiger partial charge in [0.1, 0.15) is 0 Å². The van der Waals surface area contributed by atoms with Gasteiger partial charge in [0, 0.05) is 39.5 Å². The van der Waals surface area contributed by atoms with Gasteiger partial charge in [0.2, 0.25) is 0 Å². The summed E-state index contributed by atoms with van der Waals surface area (Å²) in [6.45, 7) is 7.24. The fraction of sp³-hybridized carbons (Fsp3) is 0.217. The van der Waals surface area contributed by atoms with Crippen LogP contribution in [-0.2, 0) is 5.41 Å². The molecule has 0 bridgehead atoms. The van der Waals surface area contributed by atoms with Crippen molar-refractivity contribution >= 4 is 34.1 Å². The lowest BCUT2D eigenvalue weighted by atomic mass is 9.59. The zero-order chi connectivity index (χ0) is 33.0. The Kier molecular flexibility index (Phi) is 8.91. The van der Waals surface area contributed by atoms with Crippen LogP contribution in [0.1, 0.15) is 57.6 Å². The molecular formula is C46H46N2. The summed E-state index contributed by atoms with van der Waals surface area (Å²) in [4.78, 5) is 4.70. The Morgan fingerprint density at radius 2 is 0.667 bits per heavy atom. The summed E-state index contributed by atoms with van der Waals surface area (Å²) >= 11 is 0. The first-order valence-corrected chi connectivity index (χ1v) is 17.4. The molecule has 0 heterocycles. The van der Waals surface area contributed by atoms with E-state index in [9.17, 15) is 0 Å². The van der Waals surface area contributed by atoms with Gasteiger partial charge < -0.3 is 9.80 Å². The zero-order valence-electron chi connectivity index (χ0n) is 28.5. The molecule has 1 aliphatic carbocycles.